The second-order valence-electron chi connectivity index (χ2n) is 6.96. The van der Waals surface area contributed by atoms with Crippen molar-refractivity contribution in [1.29, 1.82) is 0 Å². The van der Waals surface area contributed by atoms with E-state index in [1.807, 2.05) is 26.8 Å². The lowest BCUT2D eigenvalue weighted by atomic mass is 10.1. The minimum Gasteiger partial charge on any atom is -0.347 e. The van der Waals surface area contributed by atoms with E-state index in [0.717, 1.165) is 24.1 Å². The molecule has 0 aromatic carbocycles. The van der Waals surface area contributed by atoms with Crippen LogP contribution >= 0.6 is 0 Å². The van der Waals surface area contributed by atoms with Gasteiger partial charge in [0.15, 0.2) is 0 Å². The zero-order chi connectivity index (χ0) is 18.7. The molecule has 2 aromatic rings. The van der Waals surface area contributed by atoms with E-state index in [-0.39, 0.29) is 17.9 Å². The summed E-state index contributed by atoms with van der Waals surface area (Å²) in [5.74, 6) is 0.0938. The van der Waals surface area contributed by atoms with Crippen LogP contribution in [0.5, 0.6) is 0 Å². The number of aromatic amines is 1. The van der Waals surface area contributed by atoms with E-state index in [1.54, 1.807) is 23.4 Å². The fourth-order valence-corrected chi connectivity index (χ4v) is 3.16. The number of nitrogens with one attached hydrogen (secondary N) is 2. The Kier molecular flexibility index (Phi) is 5.35. The number of rotatable bonds is 5. The highest BCUT2D eigenvalue weighted by Gasteiger charge is 2.29. The van der Waals surface area contributed by atoms with E-state index in [0.29, 0.717) is 30.3 Å². The topological polar surface area (TPSA) is 91.0 Å². The van der Waals surface area contributed by atoms with Crippen molar-refractivity contribution in [3.63, 3.8) is 0 Å². The van der Waals surface area contributed by atoms with Crippen LogP contribution in [0.2, 0.25) is 0 Å². The quantitative estimate of drug-likeness (QED) is 0.860. The van der Waals surface area contributed by atoms with Crippen molar-refractivity contribution in [2.24, 2.45) is 0 Å². The number of hydrogen-bond acceptors (Lipinski definition) is 4. The molecule has 1 saturated heterocycles. The summed E-state index contributed by atoms with van der Waals surface area (Å²) < 4.78 is 0. The van der Waals surface area contributed by atoms with Gasteiger partial charge in [-0.1, -0.05) is 20.8 Å². The number of carbonyl (C=O) groups excluding carboxylic acids is 2. The summed E-state index contributed by atoms with van der Waals surface area (Å²) >= 11 is 0. The van der Waals surface area contributed by atoms with Gasteiger partial charge in [0.2, 0.25) is 0 Å². The second-order valence-corrected chi connectivity index (χ2v) is 6.96. The molecule has 3 heterocycles. The summed E-state index contributed by atoms with van der Waals surface area (Å²) in [5.41, 5.74) is 2.96. The molecular formula is C19H25N5O2. The SMILES string of the molecule is CCc1cnccc1C(=O)NC1CCN(C(=O)c2cc(C(C)C)[nH]n2)C1. The predicted octanol–water partition coefficient (Wildman–Crippen LogP) is 2.13. The van der Waals surface area contributed by atoms with Gasteiger partial charge in [0.1, 0.15) is 5.69 Å². The zero-order valence-electron chi connectivity index (χ0n) is 15.5. The Morgan fingerprint density at radius 2 is 2.23 bits per heavy atom. The van der Waals surface area contributed by atoms with E-state index >= 15 is 0 Å². The van der Waals surface area contributed by atoms with Crippen LogP contribution in [0.3, 0.4) is 0 Å². The molecule has 1 unspecified atom stereocenters. The van der Waals surface area contributed by atoms with Crippen LogP contribution in [0.15, 0.2) is 24.5 Å². The standard InChI is InChI=1S/C19H25N5O2/c1-4-13-10-20-7-5-15(13)18(25)21-14-6-8-24(11-14)19(26)17-9-16(12(2)3)22-23-17/h5,7,9-10,12,14H,4,6,8,11H2,1-3H3,(H,21,25)(H,22,23). The van der Waals surface area contributed by atoms with Crippen molar-refractivity contribution in [2.75, 3.05) is 13.1 Å². The van der Waals surface area contributed by atoms with E-state index in [2.05, 4.69) is 20.5 Å². The average Bonchev–Trinajstić information content (AvgIpc) is 3.30. The van der Waals surface area contributed by atoms with E-state index in [1.165, 1.54) is 0 Å². The van der Waals surface area contributed by atoms with Crippen molar-refractivity contribution in [2.45, 2.75) is 45.6 Å². The van der Waals surface area contributed by atoms with Crippen LogP contribution in [-0.2, 0) is 6.42 Å². The molecule has 0 spiro atoms. The number of nitrogens with zero attached hydrogens (tertiary/aromatic N) is 3. The molecule has 7 heteroatoms. The van der Waals surface area contributed by atoms with Crippen LogP contribution in [0, 0.1) is 0 Å². The molecule has 26 heavy (non-hydrogen) atoms. The maximum absolute atomic E-state index is 12.6. The summed E-state index contributed by atoms with van der Waals surface area (Å²) in [5, 5.41) is 10.1. The molecule has 2 aromatic heterocycles. The molecule has 3 rings (SSSR count). The van der Waals surface area contributed by atoms with Gasteiger partial charge in [0, 0.05) is 42.8 Å². The Balaban J connectivity index is 1.61. The Hall–Kier alpha value is -2.70. The average molecular weight is 355 g/mol. The molecule has 7 nitrogen and oxygen atoms in total. The number of H-pyrrole nitrogens is 1. The summed E-state index contributed by atoms with van der Waals surface area (Å²) in [6.07, 6.45) is 4.85. The van der Waals surface area contributed by atoms with Gasteiger partial charge in [-0.25, -0.2) is 0 Å². The van der Waals surface area contributed by atoms with Crippen molar-refractivity contribution >= 4 is 11.8 Å². The van der Waals surface area contributed by atoms with Crippen LogP contribution < -0.4 is 5.32 Å². The van der Waals surface area contributed by atoms with Crippen molar-refractivity contribution in [3.05, 3.63) is 47.0 Å². The molecule has 0 radical (unpaired) electrons. The largest absolute Gasteiger partial charge is 0.347 e. The highest BCUT2D eigenvalue weighted by molar-refractivity contribution is 5.96. The van der Waals surface area contributed by atoms with Crippen LogP contribution in [0.1, 0.15) is 65.2 Å². The van der Waals surface area contributed by atoms with Gasteiger partial charge in [-0.3, -0.25) is 19.7 Å². The summed E-state index contributed by atoms with van der Waals surface area (Å²) in [6.45, 7) is 7.21. The van der Waals surface area contributed by atoms with Crippen molar-refractivity contribution in [3.8, 4) is 0 Å². The Morgan fingerprint density at radius 3 is 2.92 bits per heavy atom. The van der Waals surface area contributed by atoms with Crippen LogP contribution in [-0.4, -0.2) is 51.0 Å². The van der Waals surface area contributed by atoms with E-state index < -0.39 is 0 Å². The van der Waals surface area contributed by atoms with Gasteiger partial charge < -0.3 is 10.2 Å². The van der Waals surface area contributed by atoms with Crippen molar-refractivity contribution in [1.82, 2.24) is 25.4 Å². The van der Waals surface area contributed by atoms with E-state index in [4.69, 9.17) is 0 Å². The summed E-state index contributed by atoms with van der Waals surface area (Å²) in [7, 11) is 0. The molecule has 1 fully saturated rings. The summed E-state index contributed by atoms with van der Waals surface area (Å²) in [4.78, 5) is 31.0. The zero-order valence-corrected chi connectivity index (χ0v) is 15.5. The maximum Gasteiger partial charge on any atom is 0.274 e. The first-order chi connectivity index (χ1) is 12.5. The van der Waals surface area contributed by atoms with Crippen LogP contribution in [0.25, 0.3) is 0 Å². The van der Waals surface area contributed by atoms with Gasteiger partial charge in [-0.15, -0.1) is 0 Å². The van der Waals surface area contributed by atoms with Gasteiger partial charge in [0.25, 0.3) is 11.8 Å². The predicted molar refractivity (Wildman–Crippen MR) is 98.1 cm³/mol. The second kappa shape index (κ2) is 7.68. The van der Waals surface area contributed by atoms with Crippen LogP contribution in [0.4, 0.5) is 0 Å². The third-order valence-corrected chi connectivity index (χ3v) is 4.78. The Morgan fingerprint density at radius 1 is 1.42 bits per heavy atom. The number of carbonyl (C=O) groups is 2. The number of likely N-dealkylation sites (tertiary alicyclic amines) is 1. The molecule has 1 aliphatic heterocycles. The fourth-order valence-electron chi connectivity index (χ4n) is 3.16. The molecule has 2 N–H and O–H groups in total. The van der Waals surface area contributed by atoms with Gasteiger partial charge in [0.05, 0.1) is 0 Å². The molecule has 138 valence electrons. The smallest absolute Gasteiger partial charge is 0.274 e. The molecule has 1 atom stereocenters. The Bertz CT molecular complexity index is 799. The minimum absolute atomic E-state index is 0.0483. The highest BCUT2D eigenvalue weighted by atomic mass is 16.2. The lowest BCUT2D eigenvalue weighted by molar-refractivity contribution is 0.0777. The number of pyridine rings is 1. The first-order valence-corrected chi connectivity index (χ1v) is 9.08. The lowest BCUT2D eigenvalue weighted by Crippen LogP contribution is -2.38. The minimum atomic E-state index is -0.106. The molecule has 2 amide bonds. The molecular weight excluding hydrogens is 330 g/mol. The molecule has 0 bridgehead atoms. The number of amides is 2. The van der Waals surface area contributed by atoms with Gasteiger partial charge in [-0.2, -0.15) is 5.10 Å². The normalized spacial score (nSPS) is 16.9. The third-order valence-electron chi connectivity index (χ3n) is 4.78. The Labute approximate surface area is 153 Å². The monoisotopic (exact) mass is 355 g/mol. The molecule has 0 saturated carbocycles. The van der Waals surface area contributed by atoms with Crippen molar-refractivity contribution < 1.29 is 9.59 Å². The lowest BCUT2D eigenvalue weighted by Gasteiger charge is -2.16. The first-order valence-electron chi connectivity index (χ1n) is 9.08. The van der Waals surface area contributed by atoms with Gasteiger partial charge in [-0.05, 0) is 36.5 Å². The maximum atomic E-state index is 12.6. The van der Waals surface area contributed by atoms with E-state index in [9.17, 15) is 9.59 Å². The number of hydrogen-bond donors (Lipinski definition) is 2. The summed E-state index contributed by atoms with van der Waals surface area (Å²) in [6, 6.07) is 3.50. The van der Waals surface area contributed by atoms with Gasteiger partial charge >= 0.3 is 0 Å². The fraction of sp³-hybridized carbons (Fsp3) is 0.474. The first kappa shape index (κ1) is 18.1. The molecule has 0 aliphatic carbocycles. The molecule has 1 aliphatic rings. The highest BCUT2D eigenvalue weighted by Crippen LogP contribution is 2.17. The third kappa shape index (κ3) is 3.76. The number of aryl methyl sites for hydroxylation is 1. The number of aromatic nitrogens is 3.